The number of amides is 1. The van der Waals surface area contributed by atoms with Crippen LogP contribution in [0.4, 0.5) is 0 Å². The molecular formula is C21H23N3O2S. The average molecular weight is 382 g/mol. The minimum absolute atomic E-state index is 0.0885. The lowest BCUT2D eigenvalue weighted by Crippen LogP contribution is -2.50. The molecule has 2 saturated heterocycles. The van der Waals surface area contributed by atoms with Gasteiger partial charge in [-0.3, -0.25) is 9.59 Å². The summed E-state index contributed by atoms with van der Waals surface area (Å²) >= 11 is 5.47. The average Bonchev–Trinajstić information content (AvgIpc) is 3.33. The molecule has 1 aliphatic carbocycles. The minimum Gasteiger partial charge on any atom is -0.325 e. The number of carbonyl (C=O) groups excluding carboxylic acids is 2. The molecule has 1 amide bonds. The van der Waals surface area contributed by atoms with E-state index in [1.165, 1.54) is 11.1 Å². The van der Waals surface area contributed by atoms with Crippen molar-refractivity contribution in [2.24, 2.45) is 11.8 Å². The first-order valence-corrected chi connectivity index (χ1v) is 10.1. The normalized spacial score (nSPS) is 30.0. The standard InChI is InChI=1S/C21H23N3O2S/c22-11-16-6-3-9-24(16)21(26)19-18(17(27)12-23-19)20(25)15-8-7-13-4-1-2-5-14(13)10-15/h1-2,4-5,15-16,18-19,23H,3,6-10,12H2/t15-,16+,18?,19+/m1/s1. The molecule has 4 rings (SSSR count). The van der Waals surface area contributed by atoms with E-state index in [1.54, 1.807) is 4.90 Å². The lowest BCUT2D eigenvalue weighted by molar-refractivity contribution is -0.137. The molecule has 27 heavy (non-hydrogen) atoms. The second kappa shape index (κ2) is 7.49. The van der Waals surface area contributed by atoms with Gasteiger partial charge in [0.15, 0.2) is 0 Å². The van der Waals surface area contributed by atoms with Crippen LogP contribution in [0.15, 0.2) is 24.3 Å². The van der Waals surface area contributed by atoms with Crippen molar-refractivity contribution in [3.05, 3.63) is 35.4 Å². The van der Waals surface area contributed by atoms with E-state index in [-0.39, 0.29) is 23.7 Å². The predicted molar refractivity (Wildman–Crippen MR) is 105 cm³/mol. The van der Waals surface area contributed by atoms with Gasteiger partial charge in [0.1, 0.15) is 17.9 Å². The number of rotatable bonds is 3. The first-order chi connectivity index (χ1) is 13.1. The zero-order chi connectivity index (χ0) is 19.0. The zero-order valence-electron chi connectivity index (χ0n) is 15.2. The van der Waals surface area contributed by atoms with Gasteiger partial charge >= 0.3 is 0 Å². The Balaban J connectivity index is 1.53. The Morgan fingerprint density at radius 2 is 2.00 bits per heavy atom. The lowest BCUT2D eigenvalue weighted by atomic mass is 9.76. The third kappa shape index (κ3) is 3.30. The van der Waals surface area contributed by atoms with Crippen LogP contribution in [0.2, 0.25) is 0 Å². The first kappa shape index (κ1) is 18.3. The number of nitriles is 1. The van der Waals surface area contributed by atoms with Gasteiger partial charge in [-0.1, -0.05) is 36.5 Å². The number of aryl methyl sites for hydroxylation is 1. The lowest BCUT2D eigenvalue weighted by Gasteiger charge is -2.29. The monoisotopic (exact) mass is 381 g/mol. The van der Waals surface area contributed by atoms with Gasteiger partial charge in [0.2, 0.25) is 5.91 Å². The highest BCUT2D eigenvalue weighted by Crippen LogP contribution is 2.31. The maximum atomic E-state index is 13.3. The van der Waals surface area contributed by atoms with Crippen LogP contribution < -0.4 is 5.32 Å². The van der Waals surface area contributed by atoms with E-state index in [2.05, 4.69) is 23.5 Å². The van der Waals surface area contributed by atoms with E-state index in [4.69, 9.17) is 12.2 Å². The summed E-state index contributed by atoms with van der Waals surface area (Å²) < 4.78 is 0. The Morgan fingerprint density at radius 3 is 2.78 bits per heavy atom. The number of hydrogen-bond donors (Lipinski definition) is 1. The van der Waals surface area contributed by atoms with Crippen LogP contribution in [-0.2, 0) is 22.4 Å². The predicted octanol–water partition coefficient (Wildman–Crippen LogP) is 1.83. The Labute approximate surface area is 164 Å². The Morgan fingerprint density at radius 1 is 1.22 bits per heavy atom. The topological polar surface area (TPSA) is 73.2 Å². The van der Waals surface area contributed by atoms with Gasteiger partial charge < -0.3 is 10.2 Å². The summed E-state index contributed by atoms with van der Waals surface area (Å²) in [4.78, 5) is 28.7. The molecule has 1 aromatic rings. The van der Waals surface area contributed by atoms with Gasteiger partial charge in [-0.2, -0.15) is 5.26 Å². The molecule has 1 aromatic carbocycles. The minimum atomic E-state index is -0.615. The fourth-order valence-corrected chi connectivity index (χ4v) is 5.05. The van der Waals surface area contributed by atoms with Crippen molar-refractivity contribution in [1.82, 2.24) is 10.2 Å². The van der Waals surface area contributed by atoms with Crippen molar-refractivity contribution in [1.29, 1.82) is 5.26 Å². The summed E-state index contributed by atoms with van der Waals surface area (Å²) in [7, 11) is 0. The molecule has 0 spiro atoms. The van der Waals surface area contributed by atoms with Crippen LogP contribution in [0.1, 0.15) is 30.4 Å². The number of thiocarbonyl (C=S) groups is 1. The van der Waals surface area contributed by atoms with Gasteiger partial charge in [0.05, 0.1) is 12.0 Å². The molecule has 3 aliphatic rings. The third-order valence-corrected chi connectivity index (χ3v) is 6.58. The molecule has 0 bridgehead atoms. The van der Waals surface area contributed by atoms with Gasteiger partial charge in [-0.05, 0) is 43.2 Å². The molecule has 0 saturated carbocycles. The summed E-state index contributed by atoms with van der Waals surface area (Å²) in [6.07, 6.45) is 3.96. The Bertz CT molecular complexity index is 831. The van der Waals surface area contributed by atoms with Crippen molar-refractivity contribution in [2.45, 2.75) is 44.2 Å². The summed E-state index contributed by atoms with van der Waals surface area (Å²) in [6.45, 7) is 0.996. The van der Waals surface area contributed by atoms with E-state index >= 15 is 0 Å². The van der Waals surface area contributed by atoms with Gasteiger partial charge in [0.25, 0.3) is 0 Å². The number of likely N-dealkylation sites (tertiary alicyclic amines) is 1. The number of fused-ring (bicyclic) bond motifs is 1. The van der Waals surface area contributed by atoms with Crippen molar-refractivity contribution in [3.8, 4) is 6.07 Å². The van der Waals surface area contributed by atoms with E-state index < -0.39 is 12.0 Å². The fraction of sp³-hybridized carbons (Fsp3) is 0.524. The third-order valence-electron chi connectivity index (χ3n) is 6.18. The second-order valence-corrected chi connectivity index (χ2v) is 8.26. The molecule has 0 aromatic heterocycles. The number of Topliss-reactive ketones (excluding diaryl/α,β-unsaturated/α-hetero) is 1. The molecule has 140 valence electrons. The van der Waals surface area contributed by atoms with Crippen molar-refractivity contribution in [2.75, 3.05) is 13.1 Å². The van der Waals surface area contributed by atoms with Crippen molar-refractivity contribution in [3.63, 3.8) is 0 Å². The van der Waals surface area contributed by atoms with E-state index in [0.717, 1.165) is 25.7 Å². The quantitative estimate of drug-likeness (QED) is 0.809. The molecule has 4 atom stereocenters. The highest BCUT2D eigenvalue weighted by atomic mass is 32.1. The number of hydrogen-bond acceptors (Lipinski definition) is 5. The maximum absolute atomic E-state index is 13.3. The van der Waals surface area contributed by atoms with Crippen LogP contribution in [0.5, 0.6) is 0 Å². The molecule has 2 aliphatic heterocycles. The Hall–Kier alpha value is -2.10. The highest BCUT2D eigenvalue weighted by Gasteiger charge is 2.46. The number of benzene rings is 1. The van der Waals surface area contributed by atoms with Crippen molar-refractivity contribution >= 4 is 28.8 Å². The van der Waals surface area contributed by atoms with Crippen molar-refractivity contribution < 1.29 is 9.59 Å². The Kier molecular flexibility index (Phi) is 5.07. The van der Waals surface area contributed by atoms with Gasteiger partial charge in [-0.25, -0.2) is 0 Å². The first-order valence-electron chi connectivity index (χ1n) is 9.67. The molecular weight excluding hydrogens is 358 g/mol. The van der Waals surface area contributed by atoms with E-state index in [9.17, 15) is 14.9 Å². The zero-order valence-corrected chi connectivity index (χ0v) is 16.0. The molecule has 1 N–H and O–H groups in total. The highest BCUT2D eigenvalue weighted by molar-refractivity contribution is 7.80. The SMILES string of the molecule is N#C[C@@H]1CCCN1C(=O)[C@H]1NCC(=S)C1C(=O)[C@@H]1CCc2ccccc2C1. The number of carbonyl (C=O) groups is 2. The van der Waals surface area contributed by atoms with E-state index in [0.29, 0.717) is 24.4 Å². The van der Waals surface area contributed by atoms with E-state index in [1.807, 2.05) is 12.1 Å². The molecule has 0 radical (unpaired) electrons. The maximum Gasteiger partial charge on any atom is 0.241 e. The molecule has 2 fully saturated rings. The summed E-state index contributed by atoms with van der Waals surface area (Å²) in [5, 5.41) is 12.4. The fourth-order valence-electron chi connectivity index (χ4n) is 4.71. The summed E-state index contributed by atoms with van der Waals surface area (Å²) in [6, 6.07) is 9.47. The smallest absolute Gasteiger partial charge is 0.241 e. The number of ketones is 1. The number of nitrogens with one attached hydrogen (secondary N) is 1. The van der Waals surface area contributed by atoms with Gasteiger partial charge in [0, 0.05) is 23.9 Å². The van der Waals surface area contributed by atoms with Crippen LogP contribution >= 0.6 is 12.2 Å². The second-order valence-electron chi connectivity index (χ2n) is 7.73. The molecule has 6 heteroatoms. The molecule has 5 nitrogen and oxygen atoms in total. The number of nitrogens with zero attached hydrogens (tertiary/aromatic N) is 2. The summed E-state index contributed by atoms with van der Waals surface area (Å²) in [5.74, 6) is -0.704. The molecule has 2 heterocycles. The van der Waals surface area contributed by atoms with Crippen LogP contribution in [0.3, 0.4) is 0 Å². The molecule has 1 unspecified atom stereocenters. The largest absolute Gasteiger partial charge is 0.325 e. The van der Waals surface area contributed by atoms with Gasteiger partial charge in [-0.15, -0.1) is 0 Å². The summed E-state index contributed by atoms with van der Waals surface area (Å²) in [5.41, 5.74) is 2.54. The van der Waals surface area contributed by atoms with Crippen LogP contribution in [-0.4, -0.2) is 46.6 Å². The van der Waals surface area contributed by atoms with Crippen LogP contribution in [0, 0.1) is 23.2 Å². The van der Waals surface area contributed by atoms with Crippen LogP contribution in [0.25, 0.3) is 0 Å².